The van der Waals surface area contributed by atoms with Crippen molar-refractivity contribution in [3.8, 4) is 0 Å². The Kier molecular flexibility index (Phi) is 2.53. The van der Waals surface area contributed by atoms with Gasteiger partial charge in [0.15, 0.2) is 0 Å². The van der Waals surface area contributed by atoms with Gasteiger partial charge in [-0.3, -0.25) is 0 Å². The van der Waals surface area contributed by atoms with Crippen LogP contribution in [0.1, 0.15) is 46.5 Å². The van der Waals surface area contributed by atoms with E-state index in [1.165, 1.54) is 25.7 Å². The van der Waals surface area contributed by atoms with Gasteiger partial charge in [-0.2, -0.15) is 0 Å². The summed E-state index contributed by atoms with van der Waals surface area (Å²) >= 11 is 0. The summed E-state index contributed by atoms with van der Waals surface area (Å²) in [5, 5.41) is 0. The lowest BCUT2D eigenvalue weighted by atomic mass is 9.83. The maximum absolute atomic E-state index is 2.33. The van der Waals surface area contributed by atoms with Crippen molar-refractivity contribution >= 4 is 0 Å². The Hall–Kier alpha value is -0.260. The predicted octanol–water partition coefficient (Wildman–Crippen LogP) is 3.53. The Morgan fingerprint density at radius 1 is 1.50 bits per heavy atom. The first kappa shape index (κ1) is 7.84. The molecule has 0 heteroatoms. The summed E-state index contributed by atoms with van der Waals surface area (Å²) in [7, 11) is 0. The fourth-order valence-electron chi connectivity index (χ4n) is 1.40. The van der Waals surface area contributed by atoms with Gasteiger partial charge in [-0.25, -0.2) is 0 Å². The van der Waals surface area contributed by atoms with Gasteiger partial charge < -0.3 is 0 Å². The minimum absolute atomic E-state index is 0.829. The zero-order chi connectivity index (χ0) is 7.56. The Balaban J connectivity index is 2.52. The summed E-state index contributed by atoms with van der Waals surface area (Å²) in [6.07, 6.45) is 5.50. The van der Waals surface area contributed by atoms with Gasteiger partial charge in [0.05, 0.1) is 0 Å². The highest BCUT2D eigenvalue weighted by atomic mass is 14.2. The van der Waals surface area contributed by atoms with E-state index < -0.39 is 0 Å². The summed E-state index contributed by atoms with van der Waals surface area (Å²) in [6.45, 7) is 6.91. The van der Waals surface area contributed by atoms with Crippen molar-refractivity contribution in [3.63, 3.8) is 0 Å². The zero-order valence-corrected chi connectivity index (χ0v) is 7.41. The van der Waals surface area contributed by atoms with Gasteiger partial charge in [0, 0.05) is 0 Å². The van der Waals surface area contributed by atoms with Crippen molar-refractivity contribution < 1.29 is 0 Å². The first-order valence-corrected chi connectivity index (χ1v) is 4.44. The molecule has 0 bridgehead atoms. The zero-order valence-electron chi connectivity index (χ0n) is 7.41. The third-order valence-corrected chi connectivity index (χ3v) is 2.87. The van der Waals surface area contributed by atoms with Gasteiger partial charge in [0.2, 0.25) is 0 Å². The number of hydrogen-bond donors (Lipinski definition) is 0. The number of allylic oxidation sites excluding steroid dienone is 2. The SMILES string of the molecule is CCC(C)C(C)=C1CCC1. The van der Waals surface area contributed by atoms with Crippen molar-refractivity contribution in [1.29, 1.82) is 0 Å². The van der Waals surface area contributed by atoms with Gasteiger partial charge in [-0.15, -0.1) is 0 Å². The van der Waals surface area contributed by atoms with Crippen molar-refractivity contribution in [2.75, 3.05) is 0 Å². The fraction of sp³-hybridized carbons (Fsp3) is 0.800. The lowest BCUT2D eigenvalue weighted by Crippen LogP contribution is -2.05. The first-order chi connectivity index (χ1) is 4.75. The van der Waals surface area contributed by atoms with E-state index in [0.717, 1.165) is 5.92 Å². The molecule has 0 aromatic carbocycles. The van der Waals surface area contributed by atoms with Crippen LogP contribution in [0.15, 0.2) is 11.1 Å². The van der Waals surface area contributed by atoms with E-state index >= 15 is 0 Å². The Morgan fingerprint density at radius 3 is 2.40 bits per heavy atom. The average molecular weight is 138 g/mol. The van der Waals surface area contributed by atoms with Gasteiger partial charge >= 0.3 is 0 Å². The fourth-order valence-corrected chi connectivity index (χ4v) is 1.40. The third kappa shape index (κ3) is 1.42. The molecule has 1 atom stereocenters. The topological polar surface area (TPSA) is 0 Å². The van der Waals surface area contributed by atoms with Crippen LogP contribution in [-0.2, 0) is 0 Å². The molecule has 0 aromatic heterocycles. The van der Waals surface area contributed by atoms with E-state index in [1.54, 1.807) is 11.1 Å². The smallest absolute Gasteiger partial charge is 0.0234 e. The maximum Gasteiger partial charge on any atom is -0.0234 e. The lowest BCUT2D eigenvalue weighted by Gasteiger charge is -2.23. The van der Waals surface area contributed by atoms with E-state index in [4.69, 9.17) is 0 Å². The maximum atomic E-state index is 2.33. The van der Waals surface area contributed by atoms with Crippen LogP contribution in [0.5, 0.6) is 0 Å². The molecule has 0 aromatic rings. The van der Waals surface area contributed by atoms with Gasteiger partial charge in [-0.05, 0) is 38.5 Å². The molecule has 0 spiro atoms. The number of hydrogen-bond acceptors (Lipinski definition) is 0. The Morgan fingerprint density at radius 2 is 2.10 bits per heavy atom. The van der Waals surface area contributed by atoms with Gasteiger partial charge in [-0.1, -0.05) is 25.0 Å². The highest BCUT2D eigenvalue weighted by molar-refractivity contribution is 5.19. The molecule has 0 amide bonds. The third-order valence-electron chi connectivity index (χ3n) is 2.87. The van der Waals surface area contributed by atoms with E-state index in [9.17, 15) is 0 Å². The highest BCUT2D eigenvalue weighted by Crippen LogP contribution is 2.32. The van der Waals surface area contributed by atoms with Crippen LogP contribution in [0.3, 0.4) is 0 Å². The molecule has 0 N–H and O–H groups in total. The largest absolute Gasteiger partial charge is 0.0713 e. The summed E-state index contributed by atoms with van der Waals surface area (Å²) in [5.74, 6) is 0.829. The quantitative estimate of drug-likeness (QED) is 0.512. The second kappa shape index (κ2) is 3.23. The molecule has 0 radical (unpaired) electrons. The molecule has 0 nitrogen and oxygen atoms in total. The molecular weight excluding hydrogens is 120 g/mol. The monoisotopic (exact) mass is 138 g/mol. The van der Waals surface area contributed by atoms with E-state index in [2.05, 4.69) is 20.8 Å². The molecule has 58 valence electrons. The van der Waals surface area contributed by atoms with Crippen LogP contribution in [0.25, 0.3) is 0 Å². The summed E-state index contributed by atoms with van der Waals surface area (Å²) < 4.78 is 0. The Labute approximate surface area is 64.3 Å². The molecule has 1 aliphatic rings. The second-order valence-electron chi connectivity index (χ2n) is 3.45. The van der Waals surface area contributed by atoms with Crippen LogP contribution in [-0.4, -0.2) is 0 Å². The van der Waals surface area contributed by atoms with Gasteiger partial charge in [0.25, 0.3) is 0 Å². The van der Waals surface area contributed by atoms with Crippen molar-refractivity contribution in [1.82, 2.24) is 0 Å². The molecule has 1 aliphatic carbocycles. The van der Waals surface area contributed by atoms with Crippen LogP contribution in [0, 0.1) is 5.92 Å². The van der Waals surface area contributed by atoms with E-state index in [0.29, 0.717) is 0 Å². The molecule has 1 fully saturated rings. The van der Waals surface area contributed by atoms with Crippen molar-refractivity contribution in [2.24, 2.45) is 5.92 Å². The molecule has 0 aliphatic heterocycles. The standard InChI is InChI=1S/C10H18/c1-4-8(2)9(3)10-6-5-7-10/h8H,4-7H2,1-3H3. The van der Waals surface area contributed by atoms with Crippen molar-refractivity contribution in [3.05, 3.63) is 11.1 Å². The molecule has 0 heterocycles. The number of rotatable bonds is 2. The Bertz CT molecular complexity index is 136. The molecule has 0 saturated heterocycles. The first-order valence-electron chi connectivity index (χ1n) is 4.44. The second-order valence-corrected chi connectivity index (χ2v) is 3.45. The summed E-state index contributed by atoms with van der Waals surface area (Å²) in [4.78, 5) is 0. The van der Waals surface area contributed by atoms with Crippen molar-refractivity contribution in [2.45, 2.75) is 46.5 Å². The molecule has 10 heavy (non-hydrogen) atoms. The summed E-state index contributed by atoms with van der Waals surface area (Å²) in [5.41, 5.74) is 3.42. The van der Waals surface area contributed by atoms with E-state index in [1.807, 2.05) is 0 Å². The predicted molar refractivity (Wildman–Crippen MR) is 46.0 cm³/mol. The minimum Gasteiger partial charge on any atom is -0.0713 e. The van der Waals surface area contributed by atoms with Crippen LogP contribution >= 0.6 is 0 Å². The molecule has 1 rings (SSSR count). The van der Waals surface area contributed by atoms with E-state index in [-0.39, 0.29) is 0 Å². The van der Waals surface area contributed by atoms with Gasteiger partial charge in [0.1, 0.15) is 0 Å². The normalized spacial score (nSPS) is 20.1. The summed E-state index contributed by atoms with van der Waals surface area (Å²) in [6, 6.07) is 0. The average Bonchev–Trinajstić information content (AvgIpc) is 1.82. The molecular formula is C10H18. The lowest BCUT2D eigenvalue weighted by molar-refractivity contribution is 0.585. The van der Waals surface area contributed by atoms with Crippen LogP contribution in [0.4, 0.5) is 0 Å². The molecule has 1 saturated carbocycles. The minimum atomic E-state index is 0.829. The van der Waals surface area contributed by atoms with Crippen LogP contribution in [0.2, 0.25) is 0 Å². The highest BCUT2D eigenvalue weighted by Gasteiger charge is 2.14. The van der Waals surface area contributed by atoms with Crippen LogP contribution < -0.4 is 0 Å². The molecule has 1 unspecified atom stereocenters.